The molecule has 0 bridgehead atoms. The van der Waals surface area contributed by atoms with E-state index < -0.39 is 0 Å². The number of nitrogens with one attached hydrogen (secondary N) is 1. The van der Waals surface area contributed by atoms with Gasteiger partial charge in [0.25, 0.3) is 5.56 Å². The molecule has 0 aliphatic carbocycles. The summed E-state index contributed by atoms with van der Waals surface area (Å²) in [7, 11) is 0. The van der Waals surface area contributed by atoms with Crippen molar-refractivity contribution >= 4 is 40.3 Å². The first-order valence-electron chi connectivity index (χ1n) is 9.91. The monoisotopic (exact) mass is 465 g/mol. The molecule has 0 aliphatic rings. The SMILES string of the molecule is O=C(CSCSc1nc2ccccc2c(=O)n1-c1ccc(F)cc1)NCc1ccccc1. The van der Waals surface area contributed by atoms with E-state index in [9.17, 15) is 14.0 Å². The number of fused-ring (bicyclic) bond motifs is 1. The molecule has 4 aromatic rings. The summed E-state index contributed by atoms with van der Waals surface area (Å²) in [5, 5.41) is 4.42. The molecule has 1 N–H and O–H groups in total. The average Bonchev–Trinajstić information content (AvgIpc) is 2.82. The second-order valence-corrected chi connectivity index (χ2v) is 9.20. The lowest BCUT2D eigenvalue weighted by Crippen LogP contribution is -2.24. The molecule has 162 valence electrons. The Morgan fingerprint density at radius 1 is 0.969 bits per heavy atom. The fraction of sp³-hybridized carbons (Fsp3) is 0.125. The summed E-state index contributed by atoms with van der Waals surface area (Å²) in [6, 6.07) is 22.6. The van der Waals surface area contributed by atoms with Gasteiger partial charge in [0.15, 0.2) is 5.16 Å². The molecular formula is C24H20FN3O2S2. The Kier molecular flexibility index (Phi) is 7.24. The second-order valence-electron chi connectivity index (χ2n) is 6.90. The van der Waals surface area contributed by atoms with Gasteiger partial charge in [-0.25, -0.2) is 9.37 Å². The Morgan fingerprint density at radius 3 is 2.47 bits per heavy atom. The summed E-state index contributed by atoms with van der Waals surface area (Å²) in [6.45, 7) is 0.490. The molecule has 0 saturated carbocycles. The number of aromatic nitrogens is 2. The van der Waals surface area contributed by atoms with Crippen LogP contribution in [0.3, 0.4) is 0 Å². The zero-order valence-electron chi connectivity index (χ0n) is 17.0. The number of halogens is 1. The maximum absolute atomic E-state index is 13.4. The van der Waals surface area contributed by atoms with E-state index in [4.69, 9.17) is 0 Å². The van der Waals surface area contributed by atoms with Crippen LogP contribution in [-0.4, -0.2) is 26.3 Å². The van der Waals surface area contributed by atoms with E-state index in [0.717, 1.165) is 5.56 Å². The van der Waals surface area contributed by atoms with Crippen molar-refractivity contribution in [3.63, 3.8) is 0 Å². The Labute approximate surface area is 193 Å². The predicted molar refractivity (Wildman–Crippen MR) is 129 cm³/mol. The van der Waals surface area contributed by atoms with Gasteiger partial charge in [-0.05, 0) is 42.0 Å². The Hall–Kier alpha value is -3.10. The van der Waals surface area contributed by atoms with Crippen LogP contribution in [-0.2, 0) is 11.3 Å². The van der Waals surface area contributed by atoms with Crippen molar-refractivity contribution in [2.75, 3.05) is 10.8 Å². The normalized spacial score (nSPS) is 10.9. The topological polar surface area (TPSA) is 64.0 Å². The first-order chi connectivity index (χ1) is 15.6. The zero-order valence-corrected chi connectivity index (χ0v) is 18.7. The Morgan fingerprint density at radius 2 is 1.69 bits per heavy atom. The van der Waals surface area contributed by atoms with Crippen LogP contribution in [0.5, 0.6) is 0 Å². The number of carbonyl (C=O) groups excluding carboxylic acids is 1. The first kappa shape index (κ1) is 22.1. The highest BCUT2D eigenvalue weighted by molar-refractivity contribution is 8.16. The van der Waals surface area contributed by atoms with Crippen molar-refractivity contribution in [2.45, 2.75) is 11.7 Å². The number of benzene rings is 3. The maximum atomic E-state index is 13.4. The number of nitrogens with zero attached hydrogens (tertiary/aromatic N) is 2. The molecule has 32 heavy (non-hydrogen) atoms. The predicted octanol–water partition coefficient (Wildman–Crippen LogP) is 4.62. The van der Waals surface area contributed by atoms with Gasteiger partial charge < -0.3 is 5.32 Å². The highest BCUT2D eigenvalue weighted by atomic mass is 32.2. The quantitative estimate of drug-likeness (QED) is 0.178. The van der Waals surface area contributed by atoms with Crippen LogP contribution < -0.4 is 10.9 Å². The van der Waals surface area contributed by atoms with Crippen molar-refractivity contribution in [3.05, 3.63) is 101 Å². The molecular weight excluding hydrogens is 445 g/mol. The zero-order chi connectivity index (χ0) is 22.3. The summed E-state index contributed by atoms with van der Waals surface area (Å²) in [5.74, 6) is -0.127. The third-order valence-corrected chi connectivity index (χ3v) is 6.80. The number of rotatable bonds is 8. The maximum Gasteiger partial charge on any atom is 0.266 e. The molecule has 0 spiro atoms. The minimum Gasteiger partial charge on any atom is -0.351 e. The summed E-state index contributed by atoms with van der Waals surface area (Å²) in [4.78, 5) is 29.9. The van der Waals surface area contributed by atoms with Gasteiger partial charge in [-0.2, -0.15) is 0 Å². The number of hydrogen-bond donors (Lipinski definition) is 1. The summed E-state index contributed by atoms with van der Waals surface area (Å²) >= 11 is 2.82. The van der Waals surface area contributed by atoms with Crippen LogP contribution in [0.15, 0.2) is 88.8 Å². The van der Waals surface area contributed by atoms with Crippen LogP contribution in [0.25, 0.3) is 16.6 Å². The van der Waals surface area contributed by atoms with Crippen molar-refractivity contribution in [3.8, 4) is 5.69 Å². The standard InChI is InChI=1S/C24H20FN3O2S2/c25-18-10-12-19(13-11-18)28-23(30)20-8-4-5-9-21(20)27-24(28)32-16-31-15-22(29)26-14-17-6-2-1-3-7-17/h1-13H,14-16H2,(H,26,29). The van der Waals surface area contributed by atoms with Crippen LogP contribution in [0.1, 0.15) is 5.56 Å². The number of thioether (sulfide) groups is 2. The second kappa shape index (κ2) is 10.5. The van der Waals surface area contributed by atoms with E-state index in [1.165, 1.54) is 40.2 Å². The van der Waals surface area contributed by atoms with Gasteiger partial charge in [0.1, 0.15) is 5.82 Å². The van der Waals surface area contributed by atoms with E-state index in [2.05, 4.69) is 10.3 Å². The average molecular weight is 466 g/mol. The smallest absolute Gasteiger partial charge is 0.266 e. The van der Waals surface area contributed by atoms with Crippen LogP contribution in [0, 0.1) is 5.82 Å². The number of amides is 1. The third-order valence-electron chi connectivity index (χ3n) is 4.67. The van der Waals surface area contributed by atoms with Gasteiger partial charge in [-0.1, -0.05) is 54.2 Å². The lowest BCUT2D eigenvalue weighted by Gasteiger charge is -2.13. The fourth-order valence-electron chi connectivity index (χ4n) is 3.10. The Balaban J connectivity index is 1.45. The Bertz CT molecular complexity index is 1280. The number of hydrogen-bond acceptors (Lipinski definition) is 5. The van der Waals surface area contributed by atoms with Gasteiger partial charge in [0.2, 0.25) is 5.91 Å². The lowest BCUT2D eigenvalue weighted by atomic mass is 10.2. The van der Waals surface area contributed by atoms with E-state index >= 15 is 0 Å². The molecule has 3 aromatic carbocycles. The van der Waals surface area contributed by atoms with E-state index in [1.54, 1.807) is 30.3 Å². The van der Waals surface area contributed by atoms with Gasteiger partial charge in [0, 0.05) is 11.6 Å². The fourth-order valence-corrected chi connectivity index (χ4v) is 4.96. The minimum absolute atomic E-state index is 0.0538. The lowest BCUT2D eigenvalue weighted by molar-refractivity contribution is -0.118. The van der Waals surface area contributed by atoms with Crippen LogP contribution >= 0.6 is 23.5 Å². The molecule has 0 radical (unpaired) electrons. The molecule has 1 amide bonds. The molecule has 8 heteroatoms. The number of para-hydroxylation sites is 1. The first-order valence-corrected chi connectivity index (χ1v) is 12.0. The minimum atomic E-state index is -0.373. The van der Waals surface area contributed by atoms with E-state index in [0.29, 0.717) is 39.1 Å². The van der Waals surface area contributed by atoms with Gasteiger partial charge in [0.05, 0.1) is 22.3 Å². The van der Waals surface area contributed by atoms with Gasteiger partial charge >= 0.3 is 0 Å². The molecule has 0 aliphatic heterocycles. The molecule has 0 fully saturated rings. The van der Waals surface area contributed by atoms with Crippen molar-refractivity contribution in [1.29, 1.82) is 0 Å². The molecule has 4 rings (SSSR count). The van der Waals surface area contributed by atoms with Gasteiger partial charge in [-0.15, -0.1) is 11.8 Å². The van der Waals surface area contributed by atoms with Crippen LogP contribution in [0.2, 0.25) is 0 Å². The van der Waals surface area contributed by atoms with E-state index in [1.807, 2.05) is 36.4 Å². The number of carbonyl (C=O) groups is 1. The molecule has 0 atom stereocenters. The van der Waals surface area contributed by atoms with Gasteiger partial charge in [-0.3, -0.25) is 14.2 Å². The van der Waals surface area contributed by atoms with Crippen LogP contribution in [0.4, 0.5) is 4.39 Å². The third kappa shape index (κ3) is 5.38. The highest BCUT2D eigenvalue weighted by Gasteiger charge is 2.13. The molecule has 1 aromatic heterocycles. The molecule has 0 saturated heterocycles. The van der Waals surface area contributed by atoms with Crippen molar-refractivity contribution < 1.29 is 9.18 Å². The van der Waals surface area contributed by atoms with Crippen molar-refractivity contribution in [2.24, 2.45) is 0 Å². The summed E-state index contributed by atoms with van der Waals surface area (Å²) in [6.07, 6.45) is 0. The molecule has 0 unspecified atom stereocenters. The molecule has 5 nitrogen and oxygen atoms in total. The van der Waals surface area contributed by atoms with Crippen molar-refractivity contribution in [1.82, 2.24) is 14.9 Å². The molecule has 1 heterocycles. The van der Waals surface area contributed by atoms with E-state index in [-0.39, 0.29) is 17.3 Å². The largest absolute Gasteiger partial charge is 0.351 e. The summed E-state index contributed by atoms with van der Waals surface area (Å²) in [5.41, 5.74) is 1.98. The summed E-state index contributed by atoms with van der Waals surface area (Å²) < 4.78 is 14.9. The highest BCUT2D eigenvalue weighted by Crippen LogP contribution is 2.24.